The van der Waals surface area contributed by atoms with Gasteiger partial charge in [0.25, 0.3) is 0 Å². The van der Waals surface area contributed by atoms with E-state index in [2.05, 4.69) is 10.3 Å². The third kappa shape index (κ3) is 5.80. The molecule has 0 aromatic carbocycles. The molecule has 3 N–H and O–H groups in total. The Morgan fingerprint density at radius 1 is 1.53 bits per heavy atom. The molecule has 106 valence electrons. The van der Waals surface area contributed by atoms with Crippen molar-refractivity contribution in [1.29, 1.82) is 0 Å². The number of hydrogen-bond acceptors (Lipinski definition) is 5. The van der Waals surface area contributed by atoms with E-state index in [-0.39, 0.29) is 24.1 Å². The maximum atomic E-state index is 11.8. The van der Waals surface area contributed by atoms with E-state index in [0.717, 1.165) is 11.8 Å². The smallest absolute Gasteiger partial charge is 0.237 e. The van der Waals surface area contributed by atoms with Crippen LogP contribution in [0.25, 0.3) is 0 Å². The van der Waals surface area contributed by atoms with Gasteiger partial charge in [-0.25, -0.2) is 8.42 Å². The SMILES string of the molecule is CC(NC(=O)C(N)CCS(C)(=O)=O)c1cccnc1. The topological polar surface area (TPSA) is 102 Å². The van der Waals surface area contributed by atoms with Crippen molar-refractivity contribution in [1.82, 2.24) is 10.3 Å². The number of sulfone groups is 1. The van der Waals surface area contributed by atoms with Gasteiger partial charge in [0, 0.05) is 18.6 Å². The fraction of sp³-hybridized carbons (Fsp3) is 0.500. The molecule has 1 heterocycles. The number of carbonyl (C=O) groups excluding carboxylic acids is 1. The molecule has 0 saturated heterocycles. The number of aromatic nitrogens is 1. The van der Waals surface area contributed by atoms with Crippen LogP contribution in [0.5, 0.6) is 0 Å². The largest absolute Gasteiger partial charge is 0.348 e. The lowest BCUT2D eigenvalue weighted by atomic mass is 10.1. The summed E-state index contributed by atoms with van der Waals surface area (Å²) >= 11 is 0. The summed E-state index contributed by atoms with van der Waals surface area (Å²) in [5, 5.41) is 2.73. The van der Waals surface area contributed by atoms with Crippen molar-refractivity contribution in [3.63, 3.8) is 0 Å². The molecule has 1 rings (SSSR count). The average molecular weight is 285 g/mol. The van der Waals surface area contributed by atoms with Crippen LogP contribution in [0.3, 0.4) is 0 Å². The van der Waals surface area contributed by atoms with E-state index in [1.165, 1.54) is 0 Å². The monoisotopic (exact) mass is 285 g/mol. The molecule has 0 radical (unpaired) electrons. The van der Waals surface area contributed by atoms with E-state index >= 15 is 0 Å². The predicted molar refractivity (Wildman–Crippen MR) is 73.1 cm³/mol. The lowest BCUT2D eigenvalue weighted by molar-refractivity contribution is -0.123. The third-order valence-electron chi connectivity index (χ3n) is 2.68. The van der Waals surface area contributed by atoms with Crippen LogP contribution in [-0.4, -0.2) is 37.4 Å². The maximum Gasteiger partial charge on any atom is 0.237 e. The molecule has 1 amide bonds. The fourth-order valence-electron chi connectivity index (χ4n) is 1.51. The van der Waals surface area contributed by atoms with Gasteiger partial charge in [0.2, 0.25) is 5.91 Å². The second-order valence-electron chi connectivity index (χ2n) is 4.54. The van der Waals surface area contributed by atoms with Gasteiger partial charge >= 0.3 is 0 Å². The lowest BCUT2D eigenvalue weighted by Gasteiger charge is -2.17. The summed E-state index contributed by atoms with van der Waals surface area (Å²) in [6, 6.07) is 2.58. The summed E-state index contributed by atoms with van der Waals surface area (Å²) < 4.78 is 22.0. The van der Waals surface area contributed by atoms with Crippen molar-refractivity contribution in [2.45, 2.75) is 25.4 Å². The molecule has 0 bridgehead atoms. The summed E-state index contributed by atoms with van der Waals surface area (Å²) in [7, 11) is -3.10. The first-order valence-corrected chi connectivity index (χ1v) is 7.99. The minimum absolute atomic E-state index is 0.0944. The van der Waals surface area contributed by atoms with Crippen LogP contribution in [0, 0.1) is 0 Å². The molecular formula is C12H19N3O3S. The third-order valence-corrected chi connectivity index (χ3v) is 3.66. The first-order valence-electron chi connectivity index (χ1n) is 5.93. The number of carbonyl (C=O) groups is 1. The summed E-state index contributed by atoms with van der Waals surface area (Å²) in [5.74, 6) is -0.455. The van der Waals surface area contributed by atoms with Crippen LogP contribution in [0.2, 0.25) is 0 Å². The van der Waals surface area contributed by atoms with Crippen LogP contribution in [-0.2, 0) is 14.6 Å². The molecule has 7 heteroatoms. The second-order valence-corrected chi connectivity index (χ2v) is 6.80. The maximum absolute atomic E-state index is 11.8. The molecule has 0 fully saturated rings. The fourth-order valence-corrected chi connectivity index (χ4v) is 2.19. The molecule has 0 aliphatic heterocycles. The standard InChI is InChI=1S/C12H19N3O3S/c1-9(10-4-3-6-14-8-10)15-12(16)11(13)5-7-19(2,17)18/h3-4,6,8-9,11H,5,7,13H2,1-2H3,(H,15,16). The minimum Gasteiger partial charge on any atom is -0.348 e. The molecule has 2 unspecified atom stereocenters. The Kier molecular flexibility index (Phi) is 5.44. The van der Waals surface area contributed by atoms with Crippen LogP contribution >= 0.6 is 0 Å². The summed E-state index contributed by atoms with van der Waals surface area (Å²) in [4.78, 5) is 15.8. The Bertz CT molecular complexity index is 516. The van der Waals surface area contributed by atoms with Crippen LogP contribution in [0.4, 0.5) is 0 Å². The lowest BCUT2D eigenvalue weighted by Crippen LogP contribution is -2.42. The highest BCUT2D eigenvalue weighted by Crippen LogP contribution is 2.10. The molecule has 2 atom stereocenters. The van der Waals surface area contributed by atoms with Crippen LogP contribution in [0.15, 0.2) is 24.5 Å². The van der Waals surface area contributed by atoms with Gasteiger partial charge in [-0.05, 0) is 25.0 Å². The van der Waals surface area contributed by atoms with Crippen molar-refractivity contribution >= 4 is 15.7 Å². The van der Waals surface area contributed by atoms with Gasteiger partial charge in [-0.15, -0.1) is 0 Å². The van der Waals surface area contributed by atoms with Gasteiger partial charge in [0.1, 0.15) is 9.84 Å². The quantitative estimate of drug-likeness (QED) is 0.767. The van der Waals surface area contributed by atoms with E-state index in [0.29, 0.717) is 0 Å². The van der Waals surface area contributed by atoms with Gasteiger partial charge in [0.15, 0.2) is 0 Å². The van der Waals surface area contributed by atoms with Gasteiger partial charge in [-0.2, -0.15) is 0 Å². The molecular weight excluding hydrogens is 266 g/mol. The number of amides is 1. The minimum atomic E-state index is -3.10. The van der Waals surface area contributed by atoms with Crippen molar-refractivity contribution in [3.8, 4) is 0 Å². The highest BCUT2D eigenvalue weighted by Gasteiger charge is 2.18. The second kappa shape index (κ2) is 6.63. The molecule has 0 spiro atoms. The number of hydrogen-bond donors (Lipinski definition) is 2. The van der Waals surface area contributed by atoms with Gasteiger partial charge < -0.3 is 11.1 Å². The Hall–Kier alpha value is -1.47. The van der Waals surface area contributed by atoms with E-state index in [9.17, 15) is 13.2 Å². The molecule has 1 aromatic rings. The number of nitrogens with zero attached hydrogens (tertiary/aromatic N) is 1. The Morgan fingerprint density at radius 2 is 2.21 bits per heavy atom. The predicted octanol–water partition coefficient (Wildman–Crippen LogP) is 0.0208. The van der Waals surface area contributed by atoms with Crippen molar-refractivity contribution in [3.05, 3.63) is 30.1 Å². The zero-order valence-electron chi connectivity index (χ0n) is 11.0. The number of nitrogens with one attached hydrogen (secondary N) is 1. The van der Waals surface area contributed by atoms with Gasteiger partial charge in [-0.1, -0.05) is 6.07 Å². The van der Waals surface area contributed by atoms with E-state index < -0.39 is 15.9 Å². The number of nitrogens with two attached hydrogens (primary N) is 1. The summed E-state index contributed by atoms with van der Waals surface area (Å²) in [6.45, 7) is 1.82. The highest BCUT2D eigenvalue weighted by molar-refractivity contribution is 7.90. The number of pyridine rings is 1. The molecule has 1 aromatic heterocycles. The zero-order valence-corrected chi connectivity index (χ0v) is 11.9. The van der Waals surface area contributed by atoms with Gasteiger partial charge in [0.05, 0.1) is 17.8 Å². The molecule has 0 aliphatic carbocycles. The van der Waals surface area contributed by atoms with Crippen LogP contribution in [0.1, 0.15) is 24.9 Å². The molecule has 0 aliphatic rings. The first kappa shape index (κ1) is 15.6. The average Bonchev–Trinajstić information content (AvgIpc) is 2.36. The van der Waals surface area contributed by atoms with Crippen molar-refractivity contribution in [2.24, 2.45) is 5.73 Å². The summed E-state index contributed by atoms with van der Waals surface area (Å²) in [6.07, 6.45) is 4.54. The van der Waals surface area contributed by atoms with Gasteiger partial charge in [-0.3, -0.25) is 9.78 Å². The molecule has 19 heavy (non-hydrogen) atoms. The zero-order chi connectivity index (χ0) is 14.5. The normalized spacial score (nSPS) is 14.7. The van der Waals surface area contributed by atoms with Crippen molar-refractivity contribution in [2.75, 3.05) is 12.0 Å². The van der Waals surface area contributed by atoms with Crippen LogP contribution < -0.4 is 11.1 Å². The first-order chi connectivity index (χ1) is 8.79. The molecule has 6 nitrogen and oxygen atoms in total. The van der Waals surface area contributed by atoms with E-state index in [1.807, 2.05) is 13.0 Å². The van der Waals surface area contributed by atoms with Crippen molar-refractivity contribution < 1.29 is 13.2 Å². The van der Waals surface area contributed by atoms with E-state index in [1.54, 1.807) is 18.5 Å². The Morgan fingerprint density at radius 3 is 2.74 bits per heavy atom. The Balaban J connectivity index is 2.50. The van der Waals surface area contributed by atoms with E-state index in [4.69, 9.17) is 5.73 Å². The highest BCUT2D eigenvalue weighted by atomic mass is 32.2. The Labute approximate surface area is 113 Å². The molecule has 0 saturated carbocycles. The summed E-state index contributed by atoms with van der Waals surface area (Å²) in [5.41, 5.74) is 6.53. The number of rotatable bonds is 6.